The largest absolute Gasteiger partial charge is 0.346 e. The van der Waals surface area contributed by atoms with E-state index in [1.165, 1.54) is 15.3 Å². The molecule has 0 unspecified atom stereocenters. The van der Waals surface area contributed by atoms with Crippen LogP contribution in [-0.4, -0.2) is 69.2 Å². The van der Waals surface area contributed by atoms with Crippen molar-refractivity contribution in [2.45, 2.75) is 43.6 Å². The molecule has 0 radical (unpaired) electrons. The predicted molar refractivity (Wildman–Crippen MR) is 124 cm³/mol. The lowest BCUT2D eigenvalue weighted by Crippen LogP contribution is -2.46. The summed E-state index contributed by atoms with van der Waals surface area (Å²) in [6.45, 7) is 3.97. The molecule has 2 saturated heterocycles. The highest BCUT2D eigenvalue weighted by atomic mass is 32.2. The van der Waals surface area contributed by atoms with Gasteiger partial charge in [-0.2, -0.15) is 4.31 Å². The Hall–Kier alpha value is -2.72. The van der Waals surface area contributed by atoms with Crippen molar-refractivity contribution < 1.29 is 13.2 Å². The molecule has 0 saturated carbocycles. The molecule has 0 aliphatic carbocycles. The first-order valence-corrected chi connectivity index (χ1v) is 13.0. The predicted octanol–water partition coefficient (Wildman–Crippen LogP) is 2.41. The van der Waals surface area contributed by atoms with Crippen molar-refractivity contribution in [1.82, 2.24) is 28.7 Å². The van der Waals surface area contributed by atoms with Crippen LogP contribution >= 0.6 is 0 Å². The van der Waals surface area contributed by atoms with Crippen molar-refractivity contribution in [2.75, 3.05) is 26.2 Å². The van der Waals surface area contributed by atoms with Crippen LogP contribution in [0.4, 0.5) is 0 Å². The number of carbonyl (C=O) groups is 1. The number of sulfonamides is 1. The molecule has 0 atom stereocenters. The quantitative estimate of drug-likeness (QED) is 0.631. The van der Waals surface area contributed by atoms with Gasteiger partial charge in [0, 0.05) is 63.1 Å². The molecule has 33 heavy (non-hydrogen) atoms. The number of nitrogens with zero attached hydrogens (tertiary/aromatic N) is 5. The molecule has 1 N–H and O–H groups in total. The third-order valence-corrected chi connectivity index (χ3v) is 8.99. The second-order valence-electron chi connectivity index (χ2n) is 9.16. The first-order valence-electron chi connectivity index (χ1n) is 11.6. The van der Waals surface area contributed by atoms with Gasteiger partial charge in [0.25, 0.3) is 10.0 Å². The number of nitrogens with one attached hydrogen (secondary N) is 1. The number of fused-ring (bicyclic) bond motifs is 1. The summed E-state index contributed by atoms with van der Waals surface area (Å²) < 4.78 is 29.0. The number of amides is 1. The fraction of sp³-hybridized carbons (Fsp3) is 0.522. The van der Waals surface area contributed by atoms with E-state index in [1.807, 2.05) is 11.0 Å². The van der Waals surface area contributed by atoms with Gasteiger partial charge in [0.1, 0.15) is 11.5 Å². The highest BCUT2D eigenvalue weighted by Gasteiger charge is 2.36. The zero-order chi connectivity index (χ0) is 23.2. The van der Waals surface area contributed by atoms with Gasteiger partial charge in [-0.3, -0.25) is 4.79 Å². The third kappa shape index (κ3) is 4.06. The Morgan fingerprint density at radius 3 is 2.52 bits per heavy atom. The number of hydrogen-bond acceptors (Lipinski definition) is 5. The lowest BCUT2D eigenvalue weighted by molar-refractivity contribution is -0.137. The third-order valence-electron chi connectivity index (χ3n) is 7.22. The van der Waals surface area contributed by atoms with Crippen molar-refractivity contribution >= 4 is 27.0 Å². The summed E-state index contributed by atoms with van der Waals surface area (Å²) in [4.78, 5) is 26.9. The number of hydrogen-bond donors (Lipinski definition) is 1. The van der Waals surface area contributed by atoms with E-state index in [9.17, 15) is 13.2 Å². The summed E-state index contributed by atoms with van der Waals surface area (Å²) >= 11 is 0. The number of pyridine rings is 1. The van der Waals surface area contributed by atoms with Crippen LogP contribution in [0, 0.1) is 12.8 Å². The topological polar surface area (TPSA) is 104 Å². The Kier molecular flexibility index (Phi) is 5.74. The SMILES string of the molecule is Cc1nc(S(=O)(=O)N2CCC(C(=O)N3CCC(c4c[nH]c5ncccc45)CC3)CC2)cn1C. The Morgan fingerprint density at radius 1 is 1.12 bits per heavy atom. The number of imidazole rings is 1. The van der Waals surface area contributed by atoms with Crippen molar-refractivity contribution in [3.05, 3.63) is 42.1 Å². The van der Waals surface area contributed by atoms with Gasteiger partial charge < -0.3 is 14.5 Å². The van der Waals surface area contributed by atoms with Gasteiger partial charge in [-0.1, -0.05) is 0 Å². The molecule has 3 aromatic rings. The number of piperidine rings is 2. The van der Waals surface area contributed by atoms with E-state index in [4.69, 9.17) is 0 Å². The summed E-state index contributed by atoms with van der Waals surface area (Å²) in [5.74, 6) is 1.13. The van der Waals surface area contributed by atoms with Crippen molar-refractivity contribution in [2.24, 2.45) is 13.0 Å². The standard InChI is InChI=1S/C23H30N6O3S/c1-16-26-21(15-27(16)2)33(31,32)29-12-7-18(8-13-29)23(30)28-10-5-17(6-11-28)20-14-25-22-19(20)4-3-9-24-22/h3-4,9,14-15,17-18H,5-8,10-13H2,1-2H3,(H,24,25). The number of aromatic amines is 1. The monoisotopic (exact) mass is 470 g/mol. The van der Waals surface area contributed by atoms with E-state index in [-0.39, 0.29) is 16.9 Å². The molecule has 9 nitrogen and oxygen atoms in total. The first kappa shape index (κ1) is 22.1. The van der Waals surface area contributed by atoms with Gasteiger partial charge in [-0.15, -0.1) is 0 Å². The number of aryl methyl sites for hydroxylation is 2. The summed E-state index contributed by atoms with van der Waals surface area (Å²) in [6, 6.07) is 4.06. The van der Waals surface area contributed by atoms with Gasteiger partial charge in [0.05, 0.1) is 0 Å². The van der Waals surface area contributed by atoms with Crippen LogP contribution in [0.3, 0.4) is 0 Å². The molecule has 3 aromatic heterocycles. The van der Waals surface area contributed by atoms with E-state index in [0.717, 1.165) is 31.6 Å². The second-order valence-corrected chi connectivity index (χ2v) is 11.0. The molecule has 0 bridgehead atoms. The first-order chi connectivity index (χ1) is 15.8. The summed E-state index contributed by atoms with van der Waals surface area (Å²) in [5, 5.41) is 1.25. The average Bonchev–Trinajstić information content (AvgIpc) is 3.42. The molecular formula is C23H30N6O3S. The zero-order valence-electron chi connectivity index (χ0n) is 19.1. The molecule has 2 fully saturated rings. The van der Waals surface area contributed by atoms with Gasteiger partial charge >= 0.3 is 0 Å². The van der Waals surface area contributed by atoms with Crippen LogP contribution < -0.4 is 0 Å². The lowest BCUT2D eigenvalue weighted by Gasteiger charge is -2.36. The van der Waals surface area contributed by atoms with Crippen molar-refractivity contribution in [3.63, 3.8) is 0 Å². The Balaban J connectivity index is 1.17. The van der Waals surface area contributed by atoms with Crippen LogP contribution in [-0.2, 0) is 21.9 Å². The van der Waals surface area contributed by atoms with E-state index < -0.39 is 10.0 Å². The minimum atomic E-state index is -3.62. The fourth-order valence-electron chi connectivity index (χ4n) is 5.11. The highest BCUT2D eigenvalue weighted by molar-refractivity contribution is 7.89. The maximum atomic E-state index is 13.2. The Morgan fingerprint density at radius 2 is 1.85 bits per heavy atom. The van der Waals surface area contributed by atoms with Gasteiger partial charge in [0.15, 0.2) is 5.03 Å². The smallest absolute Gasteiger partial charge is 0.262 e. The average molecular weight is 471 g/mol. The maximum absolute atomic E-state index is 13.2. The number of aromatic nitrogens is 4. The molecular weight excluding hydrogens is 440 g/mol. The zero-order valence-corrected chi connectivity index (χ0v) is 19.9. The van der Waals surface area contributed by atoms with Gasteiger partial charge in [-0.05, 0) is 56.2 Å². The van der Waals surface area contributed by atoms with Crippen LogP contribution in [0.2, 0.25) is 0 Å². The van der Waals surface area contributed by atoms with Crippen LogP contribution in [0.15, 0.2) is 35.7 Å². The minimum absolute atomic E-state index is 0.0850. The second kappa shape index (κ2) is 8.57. The number of likely N-dealkylation sites (tertiary alicyclic amines) is 1. The summed E-state index contributed by atoms with van der Waals surface area (Å²) in [7, 11) is -1.84. The van der Waals surface area contributed by atoms with E-state index in [2.05, 4.69) is 27.2 Å². The molecule has 5 heterocycles. The van der Waals surface area contributed by atoms with Gasteiger partial charge in [-0.25, -0.2) is 18.4 Å². The van der Waals surface area contributed by atoms with E-state index in [1.54, 1.807) is 30.9 Å². The van der Waals surface area contributed by atoms with E-state index >= 15 is 0 Å². The Labute approximate surface area is 193 Å². The van der Waals surface area contributed by atoms with Crippen LogP contribution in [0.1, 0.15) is 43.0 Å². The molecule has 0 spiro atoms. The highest BCUT2D eigenvalue weighted by Crippen LogP contribution is 2.34. The molecule has 1 amide bonds. The molecule has 0 aromatic carbocycles. The number of H-pyrrole nitrogens is 1. The fourth-order valence-corrected chi connectivity index (χ4v) is 6.60. The van der Waals surface area contributed by atoms with E-state index in [0.29, 0.717) is 37.7 Å². The van der Waals surface area contributed by atoms with Crippen LogP contribution in [0.5, 0.6) is 0 Å². The number of rotatable bonds is 4. The normalized spacial score (nSPS) is 19.4. The minimum Gasteiger partial charge on any atom is -0.346 e. The molecule has 2 aliphatic rings. The number of carbonyl (C=O) groups excluding carboxylic acids is 1. The molecule has 10 heteroatoms. The Bertz CT molecular complexity index is 1240. The molecule has 5 rings (SSSR count). The van der Waals surface area contributed by atoms with Crippen molar-refractivity contribution in [1.29, 1.82) is 0 Å². The lowest BCUT2D eigenvalue weighted by atomic mass is 9.88. The van der Waals surface area contributed by atoms with Gasteiger partial charge in [0.2, 0.25) is 5.91 Å². The van der Waals surface area contributed by atoms with Crippen molar-refractivity contribution in [3.8, 4) is 0 Å². The van der Waals surface area contributed by atoms with Crippen LogP contribution in [0.25, 0.3) is 11.0 Å². The summed E-state index contributed by atoms with van der Waals surface area (Å²) in [6.07, 6.45) is 8.36. The maximum Gasteiger partial charge on any atom is 0.262 e. The summed E-state index contributed by atoms with van der Waals surface area (Å²) in [5.41, 5.74) is 2.20. The molecule has 2 aliphatic heterocycles. The molecule has 176 valence electrons.